The Morgan fingerprint density at radius 2 is 1.38 bits per heavy atom. The number of pyridine rings is 2. The normalized spacial score (nSPS) is 11.6. The van der Waals surface area contributed by atoms with Gasteiger partial charge < -0.3 is 4.57 Å². The zero-order valence-electron chi connectivity index (χ0n) is 34.4. The van der Waals surface area contributed by atoms with Crippen LogP contribution in [0.5, 0.6) is 0 Å². The van der Waals surface area contributed by atoms with E-state index in [0.717, 1.165) is 61.3 Å². The van der Waals surface area contributed by atoms with Crippen molar-refractivity contribution in [1.82, 2.24) is 19.5 Å². The first-order valence-electron chi connectivity index (χ1n) is 19.8. The summed E-state index contributed by atoms with van der Waals surface area (Å²) in [6.07, 6.45) is 3.90. The van der Waals surface area contributed by atoms with Crippen LogP contribution in [-0.4, -0.2) is 32.8 Å². The fourth-order valence-electron chi connectivity index (χ4n) is 7.49. The van der Waals surface area contributed by atoms with Gasteiger partial charge in [-0.3, -0.25) is 4.98 Å². The van der Waals surface area contributed by atoms with Gasteiger partial charge in [0.15, 0.2) is 0 Å². The van der Waals surface area contributed by atoms with Crippen molar-refractivity contribution in [3.63, 3.8) is 0 Å². The van der Waals surface area contributed by atoms with E-state index in [4.69, 9.17) is 14.4 Å². The molecule has 9 aromatic rings. The van der Waals surface area contributed by atoms with Gasteiger partial charge in [0.25, 0.3) is 0 Å². The van der Waals surface area contributed by atoms with Crippen LogP contribution in [0.2, 0.25) is 17.3 Å². The maximum absolute atomic E-state index is 6.12. The van der Waals surface area contributed by atoms with E-state index in [1.54, 1.807) is 0 Å². The van der Waals surface area contributed by atoms with Gasteiger partial charge in [-0.05, 0) is 58.4 Å². The molecule has 0 aliphatic heterocycles. The third-order valence-electron chi connectivity index (χ3n) is 10.6. The summed E-state index contributed by atoms with van der Waals surface area (Å²) in [6, 6.07) is 48.9. The van der Waals surface area contributed by atoms with Crippen molar-refractivity contribution in [2.75, 3.05) is 0 Å². The molecule has 1 radical (unpaired) electrons. The van der Waals surface area contributed by atoms with Gasteiger partial charge >= 0.3 is 144 Å². The number of nitrogens with zero attached hydrogens (tertiary/aromatic N) is 4. The molecule has 0 bridgehead atoms. The summed E-state index contributed by atoms with van der Waals surface area (Å²) >= 11 is -1.85. The molecule has 9 rings (SSSR count). The van der Waals surface area contributed by atoms with Gasteiger partial charge in [-0.15, -0.1) is 35.9 Å². The zero-order chi connectivity index (χ0) is 39.8. The van der Waals surface area contributed by atoms with Crippen LogP contribution in [-0.2, 0) is 20.1 Å². The molecule has 0 saturated carbocycles. The van der Waals surface area contributed by atoms with E-state index in [-0.39, 0.29) is 20.1 Å². The van der Waals surface area contributed by atoms with Crippen LogP contribution in [0.3, 0.4) is 0 Å². The number of furan rings is 1. The number of para-hydroxylation sites is 2. The first kappa shape index (κ1) is 41.0. The van der Waals surface area contributed by atoms with E-state index in [1.807, 2.05) is 49.6 Å². The van der Waals surface area contributed by atoms with Gasteiger partial charge in [0.05, 0.1) is 16.9 Å². The molecular formula is C51H48GeIrN4O-2. The summed E-state index contributed by atoms with van der Waals surface area (Å²) in [5.41, 5.74) is 14.0. The number of imidazole rings is 1. The molecule has 4 heterocycles. The van der Waals surface area contributed by atoms with E-state index in [0.29, 0.717) is 11.8 Å². The summed E-state index contributed by atoms with van der Waals surface area (Å²) < 4.78 is 9.88. The van der Waals surface area contributed by atoms with Gasteiger partial charge in [0.1, 0.15) is 0 Å². The third-order valence-corrected chi connectivity index (χ3v) is 14.8. The van der Waals surface area contributed by atoms with Crippen LogP contribution >= 0.6 is 0 Å². The summed E-state index contributed by atoms with van der Waals surface area (Å²) in [6.45, 7) is 11.1. The third kappa shape index (κ3) is 8.11. The minimum Gasteiger partial charge on any atom is 0 e. The second-order valence-electron chi connectivity index (χ2n) is 16.4. The average Bonchev–Trinajstić information content (AvgIpc) is 3.79. The Hall–Kier alpha value is -5.14. The number of rotatable bonds is 7. The summed E-state index contributed by atoms with van der Waals surface area (Å²) in [4.78, 5) is 14.2. The number of aromatic nitrogens is 4. The van der Waals surface area contributed by atoms with Crippen LogP contribution < -0.4 is 4.40 Å². The van der Waals surface area contributed by atoms with Crippen molar-refractivity contribution >= 4 is 50.6 Å². The van der Waals surface area contributed by atoms with Gasteiger partial charge in [0.2, 0.25) is 0 Å². The molecule has 0 N–H and O–H groups in total. The van der Waals surface area contributed by atoms with Crippen molar-refractivity contribution in [1.29, 1.82) is 0 Å². The first-order chi connectivity index (χ1) is 27.5. The van der Waals surface area contributed by atoms with Crippen LogP contribution in [0.4, 0.5) is 0 Å². The smallest absolute Gasteiger partial charge is 0 e. The molecule has 0 spiro atoms. The quantitative estimate of drug-likeness (QED) is 0.118. The molecule has 293 valence electrons. The van der Waals surface area contributed by atoms with Crippen LogP contribution in [0, 0.1) is 19.1 Å². The molecule has 5 aromatic carbocycles. The van der Waals surface area contributed by atoms with E-state index in [9.17, 15) is 0 Å². The molecule has 0 fully saturated rings. The molecule has 0 aliphatic rings. The molecule has 0 unspecified atom stereocenters. The molecule has 4 aromatic heterocycles. The number of benzene rings is 5. The van der Waals surface area contributed by atoms with Crippen LogP contribution in [0.15, 0.2) is 138 Å². The van der Waals surface area contributed by atoms with E-state index < -0.39 is 13.3 Å². The Labute approximate surface area is 358 Å². The molecule has 58 heavy (non-hydrogen) atoms. The minimum absolute atomic E-state index is 0. The largest absolute Gasteiger partial charge is 0 e. The SMILES string of the molecule is CC(C)c1cc(-c2ccccc2)cc(C(C)C)c1-n1c(-c2[c-]cccc2)nc2ccccc21.Cc1cc2oc3c(-c4cc[c]([Ge]([CH3])([CH3])[CH3])cn4)[c-]ccc3c2cn1.[Ir]. The average molecular weight is 998 g/mol. The van der Waals surface area contributed by atoms with Crippen molar-refractivity contribution in [2.45, 2.75) is 63.7 Å². The van der Waals surface area contributed by atoms with E-state index in [2.05, 4.69) is 158 Å². The van der Waals surface area contributed by atoms with Gasteiger partial charge in [-0.1, -0.05) is 70.2 Å². The summed E-state index contributed by atoms with van der Waals surface area (Å²) in [7, 11) is 0. The number of hydrogen-bond donors (Lipinski definition) is 0. The summed E-state index contributed by atoms with van der Waals surface area (Å²) in [5.74, 6) is 8.77. The Morgan fingerprint density at radius 1 is 0.672 bits per heavy atom. The fraction of sp³-hybridized carbons (Fsp3) is 0.196. The molecule has 0 saturated heterocycles. The fourth-order valence-corrected chi connectivity index (χ4v) is 9.66. The minimum atomic E-state index is -1.85. The van der Waals surface area contributed by atoms with Gasteiger partial charge in [-0.25, -0.2) is 0 Å². The van der Waals surface area contributed by atoms with Crippen molar-refractivity contribution in [2.24, 2.45) is 0 Å². The molecule has 0 aliphatic carbocycles. The predicted octanol–water partition coefficient (Wildman–Crippen LogP) is 13.1. The van der Waals surface area contributed by atoms with Crippen molar-refractivity contribution in [3.05, 3.63) is 163 Å². The summed E-state index contributed by atoms with van der Waals surface area (Å²) in [5, 5.41) is 2.10. The Bertz CT molecular complexity index is 2810. The van der Waals surface area contributed by atoms with E-state index in [1.165, 1.54) is 32.3 Å². The van der Waals surface area contributed by atoms with Gasteiger partial charge in [0, 0.05) is 25.8 Å². The Balaban J connectivity index is 0.000000182. The van der Waals surface area contributed by atoms with Crippen molar-refractivity contribution < 1.29 is 24.5 Å². The van der Waals surface area contributed by atoms with Gasteiger partial charge in [-0.2, -0.15) is 0 Å². The number of aryl methyl sites for hydroxylation is 1. The molecule has 0 amide bonds. The maximum Gasteiger partial charge on any atom is 0 e. The predicted molar refractivity (Wildman–Crippen MR) is 240 cm³/mol. The van der Waals surface area contributed by atoms with E-state index >= 15 is 0 Å². The van der Waals surface area contributed by atoms with Crippen LogP contribution in [0.25, 0.3) is 72.4 Å². The monoisotopic (exact) mass is 999 g/mol. The Kier molecular flexibility index (Phi) is 12.0. The number of fused-ring (bicyclic) bond motifs is 4. The topological polar surface area (TPSA) is 56.7 Å². The van der Waals surface area contributed by atoms with Crippen molar-refractivity contribution in [3.8, 4) is 39.5 Å². The molecule has 7 heteroatoms. The second kappa shape index (κ2) is 17.0. The maximum atomic E-state index is 6.12. The molecule has 0 atom stereocenters. The molecule has 5 nitrogen and oxygen atoms in total. The van der Waals surface area contributed by atoms with Crippen LogP contribution in [0.1, 0.15) is 56.4 Å². The Morgan fingerprint density at radius 3 is 2.03 bits per heavy atom. The zero-order valence-corrected chi connectivity index (χ0v) is 38.9. The molecular weight excluding hydrogens is 949 g/mol. The second-order valence-corrected chi connectivity index (χ2v) is 27.1. The standard InChI is InChI=1S/C31H29N2.C20H19GeN2O.Ir/c1-21(2)26-19-25(23-13-7-5-8-14-23)20-27(22(3)4)30(26)33-29-18-12-11-17-28(29)32-31(33)24-15-9-6-10-16-24;1-13-10-19-17(12-22-13)15-6-5-7-16(20(15)24-19)18-9-8-14(11-23-18)21(2,3)4;/h5-15,17-22H,1-4H3;5-6,8-12H,1-4H3;/q2*-1;. The first-order valence-corrected chi connectivity index (χ1v) is 27.2. The number of hydrogen-bond acceptors (Lipinski definition) is 4.